The number of hydrogen-bond donors (Lipinski definition) is 2. The maximum absolute atomic E-state index is 6.17. The lowest BCUT2D eigenvalue weighted by Gasteiger charge is -2.21. The number of dihydropyridines is 1. The number of allylic oxidation sites excluding steroid dienone is 1. The van der Waals surface area contributed by atoms with Crippen molar-refractivity contribution in [1.29, 1.82) is 0 Å². The third-order valence-electron chi connectivity index (χ3n) is 4.73. The first-order valence-corrected chi connectivity index (χ1v) is 10.2. The quantitative estimate of drug-likeness (QED) is 0.565. The van der Waals surface area contributed by atoms with Gasteiger partial charge in [0.25, 0.3) is 0 Å². The Labute approximate surface area is 181 Å². The molecule has 2 N–H and O–H groups in total. The molecule has 152 valence electrons. The van der Waals surface area contributed by atoms with E-state index in [2.05, 4.69) is 45.7 Å². The molecule has 1 aliphatic heterocycles. The SMILES string of the molecule is CC1=C(Nc2cc(C)nc(COc3ccccc3Cl)n2)C=C(c2ccccc2)NC1. The molecule has 0 amide bonds. The molecule has 0 atom stereocenters. The minimum atomic E-state index is 0.241. The van der Waals surface area contributed by atoms with Gasteiger partial charge in [-0.2, -0.15) is 0 Å². The second-order valence-electron chi connectivity index (χ2n) is 7.13. The third kappa shape index (κ3) is 4.81. The zero-order valence-corrected chi connectivity index (χ0v) is 17.7. The standard InChI is InChI=1S/C24H23ClN4O/c1-16-14-26-21(18-8-4-3-5-9-18)13-20(16)28-23-12-17(2)27-24(29-23)15-30-22-11-7-6-10-19(22)25/h3-13,26H,14-15H2,1-2H3,(H,27,28,29). The summed E-state index contributed by atoms with van der Waals surface area (Å²) in [6.07, 6.45) is 2.12. The largest absolute Gasteiger partial charge is 0.484 e. The van der Waals surface area contributed by atoms with Gasteiger partial charge in [0.1, 0.15) is 18.2 Å². The molecule has 6 heteroatoms. The first kappa shape index (κ1) is 20.0. The Morgan fingerprint density at radius 1 is 1.03 bits per heavy atom. The summed E-state index contributed by atoms with van der Waals surface area (Å²) in [7, 11) is 0. The highest BCUT2D eigenvalue weighted by molar-refractivity contribution is 6.32. The maximum Gasteiger partial charge on any atom is 0.168 e. The molecule has 0 saturated carbocycles. The fourth-order valence-corrected chi connectivity index (χ4v) is 3.38. The van der Waals surface area contributed by atoms with E-state index >= 15 is 0 Å². The first-order chi connectivity index (χ1) is 14.6. The molecule has 2 aromatic carbocycles. The fourth-order valence-electron chi connectivity index (χ4n) is 3.19. The van der Waals surface area contributed by atoms with Gasteiger partial charge in [-0.05, 0) is 43.2 Å². The van der Waals surface area contributed by atoms with Crippen molar-refractivity contribution in [2.24, 2.45) is 0 Å². The molecule has 0 fully saturated rings. The van der Waals surface area contributed by atoms with Crippen LogP contribution in [0.4, 0.5) is 5.82 Å². The second kappa shape index (κ2) is 9.01. The normalized spacial score (nSPS) is 13.5. The summed E-state index contributed by atoms with van der Waals surface area (Å²) < 4.78 is 5.80. The zero-order chi connectivity index (χ0) is 20.9. The Bertz CT molecular complexity index is 1110. The van der Waals surface area contributed by atoms with Crippen LogP contribution in [-0.2, 0) is 6.61 Å². The Kier molecular flexibility index (Phi) is 6.00. The zero-order valence-electron chi connectivity index (χ0n) is 16.9. The van der Waals surface area contributed by atoms with Gasteiger partial charge in [-0.1, -0.05) is 54.1 Å². The Hall–Kier alpha value is -3.31. The number of aryl methyl sites for hydroxylation is 1. The summed E-state index contributed by atoms with van der Waals surface area (Å²) in [6.45, 7) is 5.06. The molecule has 0 radical (unpaired) electrons. The van der Waals surface area contributed by atoms with E-state index in [1.807, 2.05) is 49.4 Å². The van der Waals surface area contributed by atoms with Gasteiger partial charge in [0, 0.05) is 29.7 Å². The van der Waals surface area contributed by atoms with E-state index in [1.54, 1.807) is 6.07 Å². The molecule has 0 spiro atoms. The van der Waals surface area contributed by atoms with E-state index in [0.717, 1.165) is 35.0 Å². The van der Waals surface area contributed by atoms with E-state index in [9.17, 15) is 0 Å². The van der Waals surface area contributed by atoms with Crippen LogP contribution in [0.5, 0.6) is 5.75 Å². The Morgan fingerprint density at radius 3 is 2.60 bits per heavy atom. The van der Waals surface area contributed by atoms with Crippen molar-refractivity contribution in [3.63, 3.8) is 0 Å². The van der Waals surface area contributed by atoms with Gasteiger partial charge in [0.15, 0.2) is 5.82 Å². The van der Waals surface area contributed by atoms with Crippen LogP contribution >= 0.6 is 11.6 Å². The number of nitrogens with one attached hydrogen (secondary N) is 2. The van der Waals surface area contributed by atoms with Gasteiger partial charge in [0.2, 0.25) is 0 Å². The van der Waals surface area contributed by atoms with Crippen LogP contribution in [0.1, 0.15) is 24.0 Å². The highest BCUT2D eigenvalue weighted by atomic mass is 35.5. The molecule has 0 aliphatic carbocycles. The van der Waals surface area contributed by atoms with Gasteiger partial charge in [-0.3, -0.25) is 0 Å². The second-order valence-corrected chi connectivity index (χ2v) is 7.53. The monoisotopic (exact) mass is 418 g/mol. The van der Waals surface area contributed by atoms with Crippen molar-refractivity contribution < 1.29 is 4.74 Å². The van der Waals surface area contributed by atoms with Crippen LogP contribution < -0.4 is 15.4 Å². The van der Waals surface area contributed by atoms with Crippen molar-refractivity contribution in [2.75, 3.05) is 11.9 Å². The Morgan fingerprint density at radius 2 is 1.80 bits per heavy atom. The molecule has 30 heavy (non-hydrogen) atoms. The number of anilines is 1. The molecule has 0 bridgehead atoms. The molecule has 0 unspecified atom stereocenters. The molecule has 5 nitrogen and oxygen atoms in total. The van der Waals surface area contributed by atoms with Crippen LogP contribution in [0.2, 0.25) is 5.02 Å². The lowest BCUT2D eigenvalue weighted by Crippen LogP contribution is -2.22. The summed E-state index contributed by atoms with van der Waals surface area (Å²) >= 11 is 6.17. The van der Waals surface area contributed by atoms with Crippen molar-refractivity contribution in [3.8, 4) is 5.75 Å². The van der Waals surface area contributed by atoms with Crippen molar-refractivity contribution in [1.82, 2.24) is 15.3 Å². The van der Waals surface area contributed by atoms with Gasteiger partial charge in [0.05, 0.1) is 5.02 Å². The molecule has 3 aromatic rings. The number of halogens is 1. The first-order valence-electron chi connectivity index (χ1n) is 9.78. The van der Waals surface area contributed by atoms with Crippen LogP contribution in [0.15, 0.2) is 78.0 Å². The summed E-state index contributed by atoms with van der Waals surface area (Å²) in [5, 5.41) is 7.48. The number of para-hydroxylation sites is 1. The number of ether oxygens (including phenoxy) is 1. The summed E-state index contributed by atoms with van der Waals surface area (Å²) in [4.78, 5) is 9.12. The van der Waals surface area contributed by atoms with E-state index in [0.29, 0.717) is 16.6 Å². The van der Waals surface area contributed by atoms with Crippen molar-refractivity contribution in [3.05, 3.63) is 100 Å². The number of hydrogen-bond acceptors (Lipinski definition) is 5. The molecule has 1 aliphatic rings. The van der Waals surface area contributed by atoms with E-state index in [-0.39, 0.29) is 6.61 Å². The van der Waals surface area contributed by atoms with Crippen molar-refractivity contribution >= 4 is 23.1 Å². The molecule has 0 saturated heterocycles. The number of aromatic nitrogens is 2. The van der Waals surface area contributed by atoms with Gasteiger partial charge >= 0.3 is 0 Å². The van der Waals surface area contributed by atoms with E-state index in [4.69, 9.17) is 16.3 Å². The number of benzene rings is 2. The van der Waals surface area contributed by atoms with E-state index < -0.39 is 0 Å². The minimum Gasteiger partial charge on any atom is -0.484 e. The van der Waals surface area contributed by atoms with Crippen LogP contribution in [-0.4, -0.2) is 16.5 Å². The maximum atomic E-state index is 6.17. The van der Waals surface area contributed by atoms with Gasteiger partial charge in [-0.25, -0.2) is 9.97 Å². The van der Waals surface area contributed by atoms with Gasteiger partial charge in [-0.15, -0.1) is 0 Å². The topological polar surface area (TPSA) is 59.1 Å². The van der Waals surface area contributed by atoms with E-state index in [1.165, 1.54) is 5.57 Å². The average molecular weight is 419 g/mol. The summed E-state index contributed by atoms with van der Waals surface area (Å²) in [6, 6.07) is 19.6. The molecule has 1 aromatic heterocycles. The summed E-state index contributed by atoms with van der Waals surface area (Å²) in [5.41, 5.74) is 5.34. The minimum absolute atomic E-state index is 0.241. The molecule has 4 rings (SSSR count). The van der Waals surface area contributed by atoms with Crippen LogP contribution in [0.3, 0.4) is 0 Å². The number of nitrogens with zero attached hydrogens (tertiary/aromatic N) is 2. The predicted molar refractivity (Wildman–Crippen MR) is 121 cm³/mol. The van der Waals surface area contributed by atoms with Crippen LogP contribution in [0, 0.1) is 6.92 Å². The highest BCUT2D eigenvalue weighted by Gasteiger charge is 2.13. The number of rotatable bonds is 6. The average Bonchev–Trinajstić information content (AvgIpc) is 2.75. The predicted octanol–water partition coefficient (Wildman–Crippen LogP) is 5.35. The molecular formula is C24H23ClN4O. The highest BCUT2D eigenvalue weighted by Crippen LogP contribution is 2.25. The molecule has 2 heterocycles. The van der Waals surface area contributed by atoms with Gasteiger partial charge < -0.3 is 15.4 Å². The lowest BCUT2D eigenvalue weighted by molar-refractivity contribution is 0.296. The lowest BCUT2D eigenvalue weighted by atomic mass is 10.1. The summed E-state index contributed by atoms with van der Waals surface area (Å²) in [5.74, 6) is 1.95. The third-order valence-corrected chi connectivity index (χ3v) is 5.05. The fraction of sp³-hybridized carbons (Fsp3) is 0.167. The Balaban J connectivity index is 1.53. The van der Waals surface area contributed by atoms with Crippen LogP contribution in [0.25, 0.3) is 5.70 Å². The smallest absolute Gasteiger partial charge is 0.168 e. The molecular weight excluding hydrogens is 396 g/mol. The van der Waals surface area contributed by atoms with Crippen molar-refractivity contribution in [2.45, 2.75) is 20.5 Å².